The van der Waals surface area contributed by atoms with Crippen LogP contribution in [0, 0.1) is 16.7 Å². The van der Waals surface area contributed by atoms with Crippen molar-refractivity contribution in [3.63, 3.8) is 0 Å². The molecule has 1 N–H and O–H groups in total. The van der Waals surface area contributed by atoms with Crippen molar-refractivity contribution in [3.8, 4) is 6.07 Å². The van der Waals surface area contributed by atoms with Crippen LogP contribution < -0.4 is 4.90 Å². The third kappa shape index (κ3) is 1.48. The minimum atomic E-state index is -0.0835. The predicted molar refractivity (Wildman–Crippen MR) is 56.0 cm³/mol. The van der Waals surface area contributed by atoms with Gasteiger partial charge in [-0.15, -0.1) is 0 Å². The second-order valence-corrected chi connectivity index (χ2v) is 4.16. The Morgan fingerprint density at radius 3 is 2.86 bits per heavy atom. The number of aromatic amines is 1. The van der Waals surface area contributed by atoms with E-state index in [4.69, 9.17) is 5.26 Å². The molecule has 1 aromatic rings. The van der Waals surface area contributed by atoms with Crippen molar-refractivity contribution in [2.24, 2.45) is 5.41 Å². The Labute approximate surface area is 84.3 Å². The van der Waals surface area contributed by atoms with E-state index in [0.717, 1.165) is 25.2 Å². The molecule has 0 aromatic carbocycles. The molecule has 74 valence electrons. The molecule has 0 unspecified atom stereocenters. The number of rotatable bonds is 3. The third-order valence-corrected chi connectivity index (χ3v) is 3.08. The molecule has 1 heterocycles. The van der Waals surface area contributed by atoms with E-state index in [1.165, 1.54) is 6.42 Å². The first-order valence-corrected chi connectivity index (χ1v) is 5.02. The largest absolute Gasteiger partial charge is 0.360 e. The van der Waals surface area contributed by atoms with Crippen molar-refractivity contribution in [1.29, 1.82) is 5.26 Å². The van der Waals surface area contributed by atoms with Gasteiger partial charge in [-0.1, -0.05) is 6.42 Å². The molecule has 1 saturated carbocycles. The van der Waals surface area contributed by atoms with Crippen LogP contribution >= 0.6 is 0 Å². The maximum atomic E-state index is 9.10. The van der Waals surface area contributed by atoms with Crippen LogP contribution in [0.1, 0.15) is 19.3 Å². The third-order valence-electron chi connectivity index (χ3n) is 3.08. The maximum Gasteiger partial charge on any atom is 0.105 e. The lowest BCUT2D eigenvalue weighted by Gasteiger charge is -2.38. The highest BCUT2D eigenvalue weighted by Gasteiger charge is 2.38. The highest BCUT2D eigenvalue weighted by Crippen LogP contribution is 2.41. The van der Waals surface area contributed by atoms with Gasteiger partial charge in [0.05, 0.1) is 11.5 Å². The first-order chi connectivity index (χ1) is 6.76. The van der Waals surface area contributed by atoms with Gasteiger partial charge in [-0.3, -0.25) is 0 Å². The monoisotopic (exact) mass is 189 g/mol. The summed E-state index contributed by atoms with van der Waals surface area (Å²) in [5, 5.41) is 9.10. The summed E-state index contributed by atoms with van der Waals surface area (Å²) >= 11 is 0. The summed E-state index contributed by atoms with van der Waals surface area (Å²) in [4.78, 5) is 5.28. The highest BCUT2D eigenvalue weighted by molar-refractivity contribution is 5.38. The summed E-state index contributed by atoms with van der Waals surface area (Å²) in [6.45, 7) is 0.837. The van der Waals surface area contributed by atoms with Crippen molar-refractivity contribution in [1.82, 2.24) is 4.98 Å². The number of aromatic nitrogens is 1. The summed E-state index contributed by atoms with van der Waals surface area (Å²) in [6, 6.07) is 6.46. The van der Waals surface area contributed by atoms with Gasteiger partial charge in [-0.2, -0.15) is 5.26 Å². The number of nitriles is 1. The molecule has 1 fully saturated rings. The number of hydrogen-bond donors (Lipinski definition) is 1. The molecule has 0 atom stereocenters. The zero-order valence-corrected chi connectivity index (χ0v) is 8.45. The summed E-state index contributed by atoms with van der Waals surface area (Å²) in [5.41, 5.74) is -0.0835. The molecule has 3 nitrogen and oxygen atoms in total. The van der Waals surface area contributed by atoms with E-state index >= 15 is 0 Å². The van der Waals surface area contributed by atoms with Crippen molar-refractivity contribution >= 4 is 5.82 Å². The van der Waals surface area contributed by atoms with Gasteiger partial charge in [0.2, 0.25) is 0 Å². The van der Waals surface area contributed by atoms with Crippen molar-refractivity contribution in [2.75, 3.05) is 18.5 Å². The summed E-state index contributed by atoms with van der Waals surface area (Å²) in [6.07, 6.45) is 5.21. The van der Waals surface area contributed by atoms with E-state index in [0.29, 0.717) is 0 Å². The van der Waals surface area contributed by atoms with Crippen molar-refractivity contribution in [3.05, 3.63) is 18.3 Å². The molecular formula is C11H15N3. The fourth-order valence-electron chi connectivity index (χ4n) is 2.01. The SMILES string of the molecule is CN(CC1(C#N)CCC1)c1ccc[nH]1. The number of nitrogens with zero attached hydrogens (tertiary/aromatic N) is 2. The molecular weight excluding hydrogens is 174 g/mol. The second-order valence-electron chi connectivity index (χ2n) is 4.16. The van der Waals surface area contributed by atoms with Gasteiger partial charge in [0.1, 0.15) is 5.82 Å². The topological polar surface area (TPSA) is 42.8 Å². The molecule has 1 aliphatic rings. The molecule has 0 bridgehead atoms. The first-order valence-electron chi connectivity index (χ1n) is 5.02. The number of H-pyrrole nitrogens is 1. The molecule has 0 amide bonds. The molecule has 0 radical (unpaired) electrons. The zero-order chi connectivity index (χ0) is 10.0. The minimum absolute atomic E-state index is 0.0835. The average molecular weight is 189 g/mol. The van der Waals surface area contributed by atoms with Gasteiger partial charge >= 0.3 is 0 Å². The Bertz CT molecular complexity index is 330. The average Bonchev–Trinajstić information content (AvgIpc) is 2.63. The van der Waals surface area contributed by atoms with Crippen LogP contribution in [0.25, 0.3) is 0 Å². The van der Waals surface area contributed by atoms with Gasteiger partial charge in [0.15, 0.2) is 0 Å². The molecule has 3 heteroatoms. The molecule has 14 heavy (non-hydrogen) atoms. The van der Waals surface area contributed by atoms with E-state index in [1.807, 2.05) is 25.4 Å². The lowest BCUT2D eigenvalue weighted by molar-refractivity contribution is 0.222. The first kappa shape index (κ1) is 9.14. The van der Waals surface area contributed by atoms with Crippen LogP contribution in [-0.4, -0.2) is 18.6 Å². The number of hydrogen-bond acceptors (Lipinski definition) is 2. The Hall–Kier alpha value is -1.43. The van der Waals surface area contributed by atoms with Gasteiger partial charge in [-0.25, -0.2) is 0 Å². The molecule has 0 aliphatic heterocycles. The quantitative estimate of drug-likeness (QED) is 0.791. The van der Waals surface area contributed by atoms with Crippen LogP contribution in [0.5, 0.6) is 0 Å². The van der Waals surface area contributed by atoms with Crippen LogP contribution in [0.4, 0.5) is 5.82 Å². The van der Waals surface area contributed by atoms with Gasteiger partial charge in [-0.05, 0) is 25.0 Å². The van der Waals surface area contributed by atoms with Crippen LogP contribution in [0.2, 0.25) is 0 Å². The Morgan fingerprint density at radius 1 is 1.64 bits per heavy atom. The summed E-state index contributed by atoms with van der Waals surface area (Å²) in [7, 11) is 2.03. The lowest BCUT2D eigenvalue weighted by atomic mass is 9.70. The molecule has 1 aromatic heterocycles. The van der Waals surface area contributed by atoms with E-state index in [-0.39, 0.29) is 5.41 Å². The number of anilines is 1. The molecule has 2 rings (SSSR count). The Morgan fingerprint density at radius 2 is 2.43 bits per heavy atom. The normalized spacial score (nSPS) is 18.3. The summed E-state index contributed by atoms with van der Waals surface area (Å²) in [5.74, 6) is 1.09. The van der Waals surface area contributed by atoms with Crippen LogP contribution in [0.3, 0.4) is 0 Å². The summed E-state index contributed by atoms with van der Waals surface area (Å²) < 4.78 is 0. The fraction of sp³-hybridized carbons (Fsp3) is 0.545. The smallest absolute Gasteiger partial charge is 0.105 e. The predicted octanol–water partition coefficient (Wildman–Crippen LogP) is 2.14. The Balaban J connectivity index is 2.01. The fourth-order valence-corrected chi connectivity index (χ4v) is 2.01. The van der Waals surface area contributed by atoms with Gasteiger partial charge in [0, 0.05) is 19.8 Å². The minimum Gasteiger partial charge on any atom is -0.360 e. The maximum absolute atomic E-state index is 9.10. The standard InChI is InChI=1S/C11H15N3/c1-14(10-4-2-7-13-10)9-11(8-12)5-3-6-11/h2,4,7,13H,3,5-6,9H2,1H3. The van der Waals surface area contributed by atoms with E-state index in [9.17, 15) is 0 Å². The van der Waals surface area contributed by atoms with E-state index in [2.05, 4.69) is 16.0 Å². The number of nitrogens with one attached hydrogen (secondary N) is 1. The lowest BCUT2D eigenvalue weighted by Crippen LogP contribution is -2.39. The molecule has 0 spiro atoms. The zero-order valence-electron chi connectivity index (χ0n) is 8.45. The van der Waals surface area contributed by atoms with Gasteiger partial charge < -0.3 is 9.88 Å². The highest BCUT2D eigenvalue weighted by atomic mass is 15.2. The van der Waals surface area contributed by atoms with Crippen molar-refractivity contribution < 1.29 is 0 Å². The van der Waals surface area contributed by atoms with Crippen molar-refractivity contribution in [2.45, 2.75) is 19.3 Å². The van der Waals surface area contributed by atoms with E-state index in [1.54, 1.807) is 0 Å². The second kappa shape index (κ2) is 3.38. The Kier molecular flexibility index (Phi) is 2.20. The van der Waals surface area contributed by atoms with Gasteiger partial charge in [0.25, 0.3) is 0 Å². The molecule has 0 saturated heterocycles. The van der Waals surface area contributed by atoms with E-state index < -0.39 is 0 Å². The van der Waals surface area contributed by atoms with Crippen LogP contribution in [-0.2, 0) is 0 Å². The van der Waals surface area contributed by atoms with Crippen LogP contribution in [0.15, 0.2) is 18.3 Å². The molecule has 1 aliphatic carbocycles.